The molecule has 1 atom stereocenters. The zero-order valence-electron chi connectivity index (χ0n) is 16.8. The zero-order chi connectivity index (χ0) is 21.6. The maximum Gasteiger partial charge on any atom is 1.00 e. The zero-order valence-corrected chi connectivity index (χ0v) is 20.4. The molecule has 0 saturated heterocycles. The molecule has 156 valence electrons. The summed E-state index contributed by atoms with van der Waals surface area (Å²) >= 11 is 5.86. The Kier molecular flexibility index (Phi) is 9.55. The molecular formula is C22H19ClNNaO5S. The Morgan fingerprint density at radius 3 is 2.16 bits per heavy atom. The number of carboxylic acid groups (broad SMARTS) is 1. The smallest absolute Gasteiger partial charge is 0.546 e. The maximum absolute atomic E-state index is 12.9. The van der Waals surface area contributed by atoms with E-state index in [2.05, 4.69) is 4.72 Å². The van der Waals surface area contributed by atoms with Crippen molar-refractivity contribution >= 4 is 27.6 Å². The van der Waals surface area contributed by atoms with Crippen molar-refractivity contribution in [3.63, 3.8) is 0 Å². The standard InChI is InChI=1S/C22H20ClNO5S.Na/c23-18-8-12-20(13-9-18)30(27,28)24-21(17-4-2-1-3-5-17)14-16-6-10-19(11-7-16)29-15-22(25)26;/h1-13,21,24H,14-15H2,(H,25,26);/q;+1/p-1. The Bertz CT molecular complexity index is 1090. The van der Waals surface area contributed by atoms with Crippen molar-refractivity contribution in [3.05, 3.63) is 95.0 Å². The first-order valence-electron chi connectivity index (χ1n) is 9.08. The van der Waals surface area contributed by atoms with Crippen LogP contribution in [0.15, 0.2) is 83.8 Å². The van der Waals surface area contributed by atoms with E-state index in [0.717, 1.165) is 11.1 Å². The topological polar surface area (TPSA) is 95.5 Å². The predicted octanol–water partition coefficient (Wildman–Crippen LogP) is -0.265. The fourth-order valence-corrected chi connectivity index (χ4v) is 4.23. The van der Waals surface area contributed by atoms with Crippen LogP contribution in [0, 0.1) is 0 Å². The Morgan fingerprint density at radius 1 is 0.968 bits per heavy atom. The molecule has 3 rings (SSSR count). The van der Waals surface area contributed by atoms with Gasteiger partial charge in [-0.2, -0.15) is 0 Å². The molecule has 1 N–H and O–H groups in total. The minimum absolute atomic E-state index is 0. The average Bonchev–Trinajstić information content (AvgIpc) is 2.73. The van der Waals surface area contributed by atoms with E-state index in [9.17, 15) is 18.3 Å². The number of ether oxygens (including phenoxy) is 1. The van der Waals surface area contributed by atoms with Gasteiger partial charge < -0.3 is 14.6 Å². The van der Waals surface area contributed by atoms with Crippen molar-refractivity contribution in [3.8, 4) is 5.75 Å². The van der Waals surface area contributed by atoms with Crippen LogP contribution in [0.3, 0.4) is 0 Å². The van der Waals surface area contributed by atoms with Gasteiger partial charge in [-0.3, -0.25) is 0 Å². The summed E-state index contributed by atoms with van der Waals surface area (Å²) in [6, 6.07) is 21.5. The third-order valence-electron chi connectivity index (χ3n) is 4.34. The Balaban J connectivity index is 0.00000341. The second-order valence-electron chi connectivity index (χ2n) is 6.55. The monoisotopic (exact) mass is 467 g/mol. The molecule has 0 saturated carbocycles. The Labute approximate surface area is 208 Å². The number of hydrogen-bond donors (Lipinski definition) is 1. The summed E-state index contributed by atoms with van der Waals surface area (Å²) in [4.78, 5) is 10.6. The number of sulfonamides is 1. The van der Waals surface area contributed by atoms with E-state index in [1.54, 1.807) is 24.3 Å². The average molecular weight is 468 g/mol. The van der Waals surface area contributed by atoms with Gasteiger partial charge in [0.2, 0.25) is 10.0 Å². The number of nitrogens with one attached hydrogen (secondary N) is 1. The SMILES string of the molecule is O=C([O-])COc1ccc(CC(NS(=O)(=O)c2ccc(Cl)cc2)c2ccccc2)cc1.[Na+]. The number of hydrogen-bond acceptors (Lipinski definition) is 5. The molecule has 3 aromatic carbocycles. The fourth-order valence-electron chi connectivity index (χ4n) is 2.88. The summed E-state index contributed by atoms with van der Waals surface area (Å²) in [7, 11) is -3.78. The normalized spacial score (nSPS) is 11.9. The summed E-state index contributed by atoms with van der Waals surface area (Å²) in [6.45, 7) is -0.535. The molecule has 9 heteroatoms. The molecule has 3 aromatic rings. The minimum atomic E-state index is -3.78. The number of carboxylic acids is 1. The van der Waals surface area contributed by atoms with Gasteiger partial charge in [-0.25, -0.2) is 13.1 Å². The first-order chi connectivity index (χ1) is 14.3. The summed E-state index contributed by atoms with van der Waals surface area (Å²) in [5.74, 6) is -0.916. The van der Waals surface area contributed by atoms with Crippen LogP contribution < -0.4 is 44.1 Å². The summed E-state index contributed by atoms with van der Waals surface area (Å²) < 4.78 is 33.6. The van der Waals surface area contributed by atoms with E-state index in [0.29, 0.717) is 17.2 Å². The van der Waals surface area contributed by atoms with Crippen LogP contribution in [0.5, 0.6) is 5.75 Å². The summed E-state index contributed by atoms with van der Waals surface area (Å²) in [5, 5.41) is 11.0. The number of carbonyl (C=O) groups is 1. The summed E-state index contributed by atoms with van der Waals surface area (Å²) in [6.07, 6.45) is 0.387. The minimum Gasteiger partial charge on any atom is -0.546 e. The van der Waals surface area contributed by atoms with Crippen LogP contribution >= 0.6 is 11.6 Å². The van der Waals surface area contributed by atoms with E-state index in [-0.39, 0.29) is 34.5 Å². The van der Waals surface area contributed by atoms with Crippen LogP contribution in [0.2, 0.25) is 5.02 Å². The molecule has 0 spiro atoms. The van der Waals surface area contributed by atoms with E-state index in [1.807, 2.05) is 30.3 Å². The van der Waals surface area contributed by atoms with Gasteiger partial charge >= 0.3 is 29.6 Å². The molecule has 0 heterocycles. The van der Waals surface area contributed by atoms with Gasteiger partial charge in [-0.15, -0.1) is 0 Å². The van der Waals surface area contributed by atoms with Gasteiger partial charge in [0.1, 0.15) is 12.4 Å². The van der Waals surface area contributed by atoms with Gasteiger partial charge in [0.15, 0.2) is 0 Å². The van der Waals surface area contributed by atoms with E-state index >= 15 is 0 Å². The molecule has 1 unspecified atom stereocenters. The molecule has 0 bridgehead atoms. The molecule has 0 fully saturated rings. The van der Waals surface area contributed by atoms with Crippen molar-refractivity contribution in [2.45, 2.75) is 17.4 Å². The van der Waals surface area contributed by atoms with Crippen LogP contribution in [0.25, 0.3) is 0 Å². The number of benzene rings is 3. The molecule has 0 amide bonds. The molecule has 0 aromatic heterocycles. The third kappa shape index (κ3) is 7.64. The van der Waals surface area contributed by atoms with Crippen LogP contribution in [-0.2, 0) is 21.2 Å². The van der Waals surface area contributed by atoms with Gasteiger partial charge in [-0.1, -0.05) is 54.1 Å². The van der Waals surface area contributed by atoms with E-state index in [1.165, 1.54) is 24.3 Å². The maximum atomic E-state index is 12.9. The molecule has 0 aliphatic carbocycles. The van der Waals surface area contributed by atoms with E-state index in [4.69, 9.17) is 16.3 Å². The molecular weight excluding hydrogens is 449 g/mol. The largest absolute Gasteiger partial charge is 1.00 e. The fraction of sp³-hybridized carbons (Fsp3) is 0.136. The van der Waals surface area contributed by atoms with Crippen molar-refractivity contribution in [1.29, 1.82) is 0 Å². The summed E-state index contributed by atoms with van der Waals surface area (Å²) in [5.41, 5.74) is 1.66. The van der Waals surface area contributed by atoms with Gasteiger partial charge in [0, 0.05) is 5.02 Å². The molecule has 31 heavy (non-hydrogen) atoms. The molecule has 6 nitrogen and oxygen atoms in total. The van der Waals surface area contributed by atoms with Crippen molar-refractivity contribution in [2.24, 2.45) is 0 Å². The van der Waals surface area contributed by atoms with Gasteiger partial charge in [0.25, 0.3) is 0 Å². The molecule has 0 radical (unpaired) electrons. The Hall–Kier alpha value is -1.87. The van der Waals surface area contributed by atoms with Crippen LogP contribution in [0.1, 0.15) is 17.2 Å². The second kappa shape index (κ2) is 11.7. The van der Waals surface area contributed by atoms with Crippen molar-refractivity contribution < 1.29 is 52.6 Å². The third-order valence-corrected chi connectivity index (χ3v) is 6.08. The quantitative estimate of drug-likeness (QED) is 0.437. The first kappa shape index (κ1) is 25.4. The van der Waals surface area contributed by atoms with Gasteiger partial charge in [0.05, 0.1) is 16.9 Å². The van der Waals surface area contributed by atoms with Crippen molar-refractivity contribution in [1.82, 2.24) is 4.72 Å². The van der Waals surface area contributed by atoms with Crippen LogP contribution in [-0.4, -0.2) is 21.0 Å². The number of halogens is 1. The number of carbonyl (C=O) groups excluding carboxylic acids is 1. The number of aliphatic carboxylic acids is 1. The van der Waals surface area contributed by atoms with E-state index < -0.39 is 28.6 Å². The predicted molar refractivity (Wildman–Crippen MR) is 112 cm³/mol. The first-order valence-corrected chi connectivity index (χ1v) is 10.9. The number of rotatable bonds is 9. The van der Waals surface area contributed by atoms with Crippen molar-refractivity contribution in [2.75, 3.05) is 6.61 Å². The second-order valence-corrected chi connectivity index (χ2v) is 8.70. The molecule has 0 aliphatic heterocycles. The van der Waals surface area contributed by atoms with Crippen LogP contribution in [0.4, 0.5) is 0 Å². The molecule has 0 aliphatic rings. The van der Waals surface area contributed by atoms with Gasteiger partial charge in [-0.05, 0) is 53.9 Å². The Morgan fingerprint density at radius 2 is 1.58 bits per heavy atom.